The standard InChI is InChI=1S/C18H14F2N4O3/c1-10(25)12-4-2-6-14-15(12)27-18(19,20)17(26)24(14)9-11-8-22-13-5-3-7-21-16(13)23-11/h2-8,10,25H,9H2,1H3/t10-/m0/s1. The molecule has 0 spiro atoms. The predicted molar refractivity (Wildman–Crippen MR) is 91.2 cm³/mol. The van der Waals surface area contributed by atoms with Crippen molar-refractivity contribution in [2.24, 2.45) is 0 Å². The summed E-state index contributed by atoms with van der Waals surface area (Å²) in [6.45, 7) is 1.19. The number of pyridine rings is 1. The normalized spacial score (nSPS) is 16.7. The summed E-state index contributed by atoms with van der Waals surface area (Å²) in [5.74, 6) is -1.75. The number of aromatic nitrogens is 3. The van der Waals surface area contributed by atoms with Gasteiger partial charge in [-0.3, -0.25) is 14.7 Å². The Hall–Kier alpha value is -3.20. The number of aliphatic hydroxyl groups excluding tert-OH is 1. The van der Waals surface area contributed by atoms with Crippen molar-refractivity contribution < 1.29 is 23.4 Å². The molecule has 0 saturated carbocycles. The number of benzene rings is 1. The molecule has 1 aliphatic rings. The number of aliphatic hydroxyl groups is 1. The Morgan fingerprint density at radius 3 is 2.85 bits per heavy atom. The highest BCUT2D eigenvalue weighted by molar-refractivity contribution is 6.01. The van der Waals surface area contributed by atoms with E-state index < -0.39 is 18.1 Å². The molecule has 0 bridgehead atoms. The third-order valence-electron chi connectivity index (χ3n) is 4.18. The quantitative estimate of drug-likeness (QED) is 0.760. The first kappa shape index (κ1) is 17.2. The number of carbonyl (C=O) groups is 1. The number of hydrogen-bond donors (Lipinski definition) is 1. The molecule has 1 aliphatic heterocycles. The van der Waals surface area contributed by atoms with Crippen LogP contribution in [0.2, 0.25) is 0 Å². The minimum Gasteiger partial charge on any atom is -0.423 e. The molecule has 4 rings (SSSR count). The van der Waals surface area contributed by atoms with Crippen LogP contribution in [0, 0.1) is 0 Å². The van der Waals surface area contributed by atoms with E-state index in [9.17, 15) is 18.7 Å². The Morgan fingerprint density at radius 1 is 1.26 bits per heavy atom. The zero-order chi connectivity index (χ0) is 19.2. The molecule has 3 heterocycles. The molecule has 2 aromatic heterocycles. The van der Waals surface area contributed by atoms with Gasteiger partial charge in [-0.2, -0.15) is 8.78 Å². The first-order valence-corrected chi connectivity index (χ1v) is 8.13. The Morgan fingerprint density at radius 2 is 2.07 bits per heavy atom. The van der Waals surface area contributed by atoms with Gasteiger partial charge in [-0.25, -0.2) is 9.97 Å². The second-order valence-corrected chi connectivity index (χ2v) is 6.09. The third kappa shape index (κ3) is 2.95. The molecule has 0 fully saturated rings. The number of rotatable bonds is 3. The van der Waals surface area contributed by atoms with E-state index in [0.29, 0.717) is 16.9 Å². The Labute approximate surface area is 152 Å². The first-order valence-electron chi connectivity index (χ1n) is 8.13. The maximum absolute atomic E-state index is 14.2. The summed E-state index contributed by atoms with van der Waals surface area (Å²) in [5, 5.41) is 9.85. The molecular weight excluding hydrogens is 358 g/mol. The Kier molecular flexibility index (Phi) is 3.96. The van der Waals surface area contributed by atoms with Gasteiger partial charge in [-0.15, -0.1) is 0 Å². The molecule has 1 amide bonds. The zero-order valence-corrected chi connectivity index (χ0v) is 14.1. The summed E-state index contributed by atoms with van der Waals surface area (Å²) in [7, 11) is 0. The molecule has 9 heteroatoms. The van der Waals surface area contributed by atoms with E-state index in [1.807, 2.05) is 0 Å². The van der Waals surface area contributed by atoms with Gasteiger partial charge >= 0.3 is 12.0 Å². The van der Waals surface area contributed by atoms with Crippen LogP contribution in [0.1, 0.15) is 24.3 Å². The van der Waals surface area contributed by atoms with Crippen LogP contribution >= 0.6 is 0 Å². The van der Waals surface area contributed by atoms with Gasteiger partial charge in [0, 0.05) is 11.8 Å². The SMILES string of the molecule is C[C@H](O)c1cccc2c1OC(F)(F)C(=O)N2Cc1cnc2cccnc2n1. The van der Waals surface area contributed by atoms with Crippen molar-refractivity contribution in [2.45, 2.75) is 25.7 Å². The lowest BCUT2D eigenvalue weighted by Gasteiger charge is -2.34. The van der Waals surface area contributed by atoms with E-state index in [1.165, 1.54) is 25.3 Å². The van der Waals surface area contributed by atoms with E-state index in [2.05, 4.69) is 19.7 Å². The van der Waals surface area contributed by atoms with Crippen LogP contribution in [0.4, 0.5) is 14.5 Å². The minimum atomic E-state index is -4.06. The molecule has 3 aromatic rings. The Bertz CT molecular complexity index is 1040. The lowest BCUT2D eigenvalue weighted by Crippen LogP contribution is -2.50. The summed E-state index contributed by atoms with van der Waals surface area (Å²) >= 11 is 0. The van der Waals surface area contributed by atoms with Gasteiger partial charge in [0.1, 0.15) is 5.52 Å². The average molecular weight is 372 g/mol. The third-order valence-corrected chi connectivity index (χ3v) is 4.18. The highest BCUT2D eigenvalue weighted by Gasteiger charge is 2.51. The van der Waals surface area contributed by atoms with Crippen LogP contribution in [0.15, 0.2) is 42.7 Å². The highest BCUT2D eigenvalue weighted by Crippen LogP contribution is 2.44. The zero-order valence-electron chi connectivity index (χ0n) is 14.1. The van der Waals surface area contributed by atoms with E-state index in [-0.39, 0.29) is 23.5 Å². The topological polar surface area (TPSA) is 88.4 Å². The lowest BCUT2D eigenvalue weighted by molar-refractivity contribution is -0.193. The van der Waals surface area contributed by atoms with Crippen molar-refractivity contribution >= 4 is 22.8 Å². The molecule has 7 nitrogen and oxygen atoms in total. The van der Waals surface area contributed by atoms with Crippen molar-refractivity contribution in [2.75, 3.05) is 4.90 Å². The van der Waals surface area contributed by atoms with Gasteiger partial charge in [0.05, 0.1) is 30.2 Å². The molecule has 1 aromatic carbocycles. The lowest BCUT2D eigenvalue weighted by atomic mass is 10.1. The van der Waals surface area contributed by atoms with E-state index >= 15 is 0 Å². The van der Waals surface area contributed by atoms with E-state index in [1.54, 1.807) is 24.4 Å². The second-order valence-electron chi connectivity index (χ2n) is 6.09. The van der Waals surface area contributed by atoms with Crippen molar-refractivity contribution in [1.29, 1.82) is 0 Å². The minimum absolute atomic E-state index is 0.132. The number of fused-ring (bicyclic) bond motifs is 2. The second kappa shape index (κ2) is 6.20. The number of halogens is 2. The monoisotopic (exact) mass is 372 g/mol. The summed E-state index contributed by atoms with van der Waals surface area (Å²) in [5.41, 5.74) is 1.49. The van der Waals surface area contributed by atoms with Crippen LogP contribution in [-0.4, -0.2) is 32.1 Å². The summed E-state index contributed by atoms with van der Waals surface area (Å²) in [6.07, 6.45) is -2.15. The first-order chi connectivity index (χ1) is 12.9. The number of carbonyl (C=O) groups excluding carboxylic acids is 1. The molecule has 1 atom stereocenters. The number of amides is 1. The van der Waals surface area contributed by atoms with Gasteiger partial charge in [-0.1, -0.05) is 12.1 Å². The number of para-hydroxylation sites is 1. The number of anilines is 1. The molecule has 0 radical (unpaired) electrons. The van der Waals surface area contributed by atoms with Crippen molar-refractivity contribution in [1.82, 2.24) is 15.0 Å². The summed E-state index contributed by atoms with van der Waals surface area (Å²) in [4.78, 5) is 25.7. The molecule has 1 N–H and O–H groups in total. The maximum Gasteiger partial charge on any atom is 0.483 e. The molecule has 0 unspecified atom stereocenters. The van der Waals surface area contributed by atoms with Crippen LogP contribution in [0.3, 0.4) is 0 Å². The van der Waals surface area contributed by atoms with E-state index in [4.69, 9.17) is 0 Å². The number of nitrogens with zero attached hydrogens (tertiary/aromatic N) is 4. The average Bonchev–Trinajstić information content (AvgIpc) is 2.64. The number of hydrogen-bond acceptors (Lipinski definition) is 6. The van der Waals surface area contributed by atoms with Gasteiger partial charge in [-0.05, 0) is 25.1 Å². The highest BCUT2D eigenvalue weighted by atomic mass is 19.3. The smallest absolute Gasteiger partial charge is 0.423 e. The number of ether oxygens (including phenoxy) is 1. The molecular formula is C18H14F2N4O3. The van der Waals surface area contributed by atoms with Gasteiger partial charge < -0.3 is 9.84 Å². The van der Waals surface area contributed by atoms with Gasteiger partial charge in [0.2, 0.25) is 0 Å². The van der Waals surface area contributed by atoms with Crippen molar-refractivity contribution in [3.05, 3.63) is 54.0 Å². The predicted octanol–water partition coefficient (Wildman–Crippen LogP) is 2.60. The van der Waals surface area contributed by atoms with Gasteiger partial charge in [0.25, 0.3) is 0 Å². The molecule has 0 aliphatic carbocycles. The fraction of sp³-hybridized carbons (Fsp3) is 0.222. The van der Waals surface area contributed by atoms with Crippen LogP contribution in [0.5, 0.6) is 5.75 Å². The largest absolute Gasteiger partial charge is 0.483 e. The molecule has 0 saturated heterocycles. The van der Waals surface area contributed by atoms with Gasteiger partial charge in [0.15, 0.2) is 11.4 Å². The van der Waals surface area contributed by atoms with E-state index in [0.717, 1.165) is 4.90 Å². The maximum atomic E-state index is 14.2. The summed E-state index contributed by atoms with van der Waals surface area (Å²) < 4.78 is 33.0. The van der Waals surface area contributed by atoms with Crippen LogP contribution in [0.25, 0.3) is 11.2 Å². The summed E-state index contributed by atoms with van der Waals surface area (Å²) in [6, 6.07) is 7.92. The van der Waals surface area contributed by atoms with Crippen LogP contribution < -0.4 is 9.64 Å². The fourth-order valence-electron chi connectivity index (χ4n) is 2.91. The fourth-order valence-corrected chi connectivity index (χ4v) is 2.91. The van der Waals surface area contributed by atoms with Crippen molar-refractivity contribution in [3.63, 3.8) is 0 Å². The molecule has 27 heavy (non-hydrogen) atoms. The number of alkyl halides is 2. The molecule has 138 valence electrons. The Balaban J connectivity index is 1.79. The van der Waals surface area contributed by atoms with Crippen LogP contribution in [-0.2, 0) is 11.3 Å². The van der Waals surface area contributed by atoms with Crippen molar-refractivity contribution in [3.8, 4) is 5.75 Å².